The third-order valence-corrected chi connectivity index (χ3v) is 4.76. The van der Waals surface area contributed by atoms with Crippen molar-refractivity contribution < 1.29 is 19.1 Å². The number of anilines is 3. The van der Waals surface area contributed by atoms with Crippen LogP contribution in [0.25, 0.3) is 0 Å². The summed E-state index contributed by atoms with van der Waals surface area (Å²) in [4.78, 5) is 26.7. The summed E-state index contributed by atoms with van der Waals surface area (Å²) in [6.07, 6.45) is 0. The molecule has 3 aromatic rings. The lowest BCUT2D eigenvalue weighted by atomic mass is 10.2. The molecule has 0 saturated carbocycles. The van der Waals surface area contributed by atoms with Gasteiger partial charge in [0.25, 0.3) is 11.8 Å². The summed E-state index contributed by atoms with van der Waals surface area (Å²) >= 11 is 6.07. The normalized spacial score (nSPS) is 10.2. The van der Waals surface area contributed by atoms with Crippen molar-refractivity contribution in [3.05, 3.63) is 77.3 Å². The molecule has 0 fully saturated rings. The second-order valence-corrected chi connectivity index (χ2v) is 7.54. The van der Waals surface area contributed by atoms with Crippen molar-refractivity contribution in [3.63, 3.8) is 0 Å². The van der Waals surface area contributed by atoms with E-state index in [1.54, 1.807) is 67.8 Å². The summed E-state index contributed by atoms with van der Waals surface area (Å²) in [5.74, 6) is 0.530. The van der Waals surface area contributed by atoms with Crippen LogP contribution >= 0.6 is 11.6 Å². The summed E-state index contributed by atoms with van der Waals surface area (Å²) in [7, 11) is 5.33. The van der Waals surface area contributed by atoms with E-state index in [0.29, 0.717) is 33.5 Å². The maximum absolute atomic E-state index is 12.6. The van der Waals surface area contributed by atoms with Crippen LogP contribution in [-0.4, -0.2) is 39.6 Å². The lowest BCUT2D eigenvalue weighted by Crippen LogP contribution is -2.20. The first-order valence-corrected chi connectivity index (χ1v) is 10.2. The van der Waals surface area contributed by atoms with Gasteiger partial charge in [-0.1, -0.05) is 17.7 Å². The zero-order valence-electron chi connectivity index (χ0n) is 18.0. The summed E-state index contributed by atoms with van der Waals surface area (Å²) in [6.45, 7) is -0.169. The van der Waals surface area contributed by atoms with E-state index in [1.807, 2.05) is 25.1 Å². The molecule has 0 bridgehead atoms. The number of halogens is 1. The standard InChI is InChI=1S/C24H24ClN3O4/c1-28(2)22-12-9-17(25)13-21(22)27-24(30)16-7-10-19(11-8-16)32-15-23(29)26-18-5-4-6-20(14-18)31-3/h4-14H,15H2,1-3H3,(H,26,29)(H,27,30). The van der Waals surface area contributed by atoms with Gasteiger partial charge >= 0.3 is 0 Å². The second-order valence-electron chi connectivity index (χ2n) is 7.10. The molecule has 0 unspecified atom stereocenters. The van der Waals surface area contributed by atoms with Gasteiger partial charge in [0.1, 0.15) is 11.5 Å². The summed E-state index contributed by atoms with van der Waals surface area (Å²) < 4.78 is 10.7. The number of methoxy groups -OCH3 is 1. The van der Waals surface area contributed by atoms with Crippen molar-refractivity contribution in [3.8, 4) is 11.5 Å². The Balaban J connectivity index is 1.57. The summed E-state index contributed by atoms with van der Waals surface area (Å²) in [6, 6.07) is 18.9. The minimum Gasteiger partial charge on any atom is -0.497 e. The summed E-state index contributed by atoms with van der Waals surface area (Å²) in [5.41, 5.74) is 2.51. The van der Waals surface area contributed by atoms with Crippen molar-refractivity contribution >= 4 is 40.5 Å². The number of hydrogen-bond donors (Lipinski definition) is 2. The average Bonchev–Trinajstić information content (AvgIpc) is 2.78. The van der Waals surface area contributed by atoms with Crippen LogP contribution < -0.4 is 25.0 Å². The van der Waals surface area contributed by atoms with Gasteiger partial charge in [0.2, 0.25) is 0 Å². The molecule has 3 aromatic carbocycles. The molecule has 0 saturated heterocycles. The van der Waals surface area contributed by atoms with Crippen molar-refractivity contribution in [2.75, 3.05) is 43.3 Å². The Morgan fingerprint density at radius 2 is 1.69 bits per heavy atom. The van der Waals surface area contributed by atoms with Gasteiger partial charge in [-0.25, -0.2) is 0 Å². The lowest BCUT2D eigenvalue weighted by Gasteiger charge is -2.18. The molecule has 0 aliphatic rings. The third-order valence-electron chi connectivity index (χ3n) is 4.53. The molecule has 0 spiro atoms. The Kier molecular flexibility index (Phi) is 7.57. The first-order chi connectivity index (χ1) is 15.4. The Morgan fingerprint density at radius 3 is 2.38 bits per heavy atom. The highest BCUT2D eigenvalue weighted by atomic mass is 35.5. The van der Waals surface area contributed by atoms with Crippen LogP contribution in [0.4, 0.5) is 17.1 Å². The van der Waals surface area contributed by atoms with E-state index in [-0.39, 0.29) is 18.4 Å². The van der Waals surface area contributed by atoms with Gasteiger partial charge in [0.05, 0.1) is 18.5 Å². The van der Waals surface area contributed by atoms with Crippen LogP contribution in [0.1, 0.15) is 10.4 Å². The van der Waals surface area contributed by atoms with Gasteiger partial charge in [-0.3, -0.25) is 9.59 Å². The Morgan fingerprint density at radius 1 is 0.938 bits per heavy atom. The molecular formula is C24H24ClN3O4. The van der Waals surface area contributed by atoms with Crippen LogP contribution in [0.15, 0.2) is 66.7 Å². The number of nitrogens with one attached hydrogen (secondary N) is 2. The van der Waals surface area contributed by atoms with E-state index in [4.69, 9.17) is 21.1 Å². The third kappa shape index (κ3) is 6.15. The molecule has 8 heteroatoms. The summed E-state index contributed by atoms with van der Waals surface area (Å²) in [5, 5.41) is 6.14. The monoisotopic (exact) mass is 453 g/mol. The number of ether oxygens (including phenoxy) is 2. The van der Waals surface area contributed by atoms with E-state index < -0.39 is 0 Å². The highest BCUT2D eigenvalue weighted by molar-refractivity contribution is 6.31. The Bertz CT molecular complexity index is 1100. The van der Waals surface area contributed by atoms with Gasteiger partial charge in [-0.2, -0.15) is 0 Å². The fourth-order valence-electron chi connectivity index (χ4n) is 2.94. The van der Waals surface area contributed by atoms with Crippen molar-refractivity contribution in [2.45, 2.75) is 0 Å². The Hall–Kier alpha value is -3.71. The van der Waals surface area contributed by atoms with Crippen molar-refractivity contribution in [1.29, 1.82) is 0 Å². The molecule has 0 aromatic heterocycles. The molecule has 2 amide bonds. The Labute approximate surface area is 191 Å². The van der Waals surface area contributed by atoms with Gasteiger partial charge in [-0.05, 0) is 54.6 Å². The van der Waals surface area contributed by atoms with Crippen LogP contribution in [0, 0.1) is 0 Å². The SMILES string of the molecule is COc1cccc(NC(=O)COc2ccc(C(=O)Nc3cc(Cl)ccc3N(C)C)cc2)c1. The topological polar surface area (TPSA) is 79.9 Å². The maximum Gasteiger partial charge on any atom is 0.262 e. The average molecular weight is 454 g/mol. The number of hydrogen-bond acceptors (Lipinski definition) is 5. The number of rotatable bonds is 8. The quantitative estimate of drug-likeness (QED) is 0.517. The fourth-order valence-corrected chi connectivity index (χ4v) is 3.11. The van der Waals surface area contributed by atoms with E-state index in [1.165, 1.54) is 0 Å². The molecule has 0 aliphatic carbocycles. The molecule has 7 nitrogen and oxygen atoms in total. The number of amides is 2. The fraction of sp³-hybridized carbons (Fsp3) is 0.167. The minimum atomic E-state index is -0.308. The van der Waals surface area contributed by atoms with E-state index in [0.717, 1.165) is 5.69 Å². The van der Waals surface area contributed by atoms with Gasteiger partial charge in [0, 0.05) is 36.4 Å². The molecule has 3 rings (SSSR count). The molecular weight excluding hydrogens is 430 g/mol. The first-order valence-electron chi connectivity index (χ1n) is 9.80. The minimum absolute atomic E-state index is 0.169. The molecule has 0 radical (unpaired) electrons. The van der Waals surface area contributed by atoms with Crippen molar-refractivity contribution in [2.24, 2.45) is 0 Å². The molecule has 0 heterocycles. The smallest absolute Gasteiger partial charge is 0.262 e. The predicted molar refractivity (Wildman–Crippen MR) is 127 cm³/mol. The van der Waals surface area contributed by atoms with Gasteiger partial charge < -0.3 is 25.0 Å². The first kappa shape index (κ1) is 23.0. The molecule has 166 valence electrons. The van der Waals surface area contributed by atoms with Crippen LogP contribution in [0.2, 0.25) is 5.02 Å². The molecule has 2 N–H and O–H groups in total. The predicted octanol–water partition coefficient (Wildman–Crippen LogP) is 4.68. The van der Waals surface area contributed by atoms with Crippen LogP contribution in [-0.2, 0) is 4.79 Å². The van der Waals surface area contributed by atoms with Gasteiger partial charge in [0.15, 0.2) is 6.61 Å². The second kappa shape index (κ2) is 10.5. The van der Waals surface area contributed by atoms with Crippen LogP contribution in [0.3, 0.4) is 0 Å². The molecule has 0 atom stereocenters. The van der Waals surface area contributed by atoms with Crippen molar-refractivity contribution in [1.82, 2.24) is 0 Å². The van der Waals surface area contributed by atoms with E-state index >= 15 is 0 Å². The molecule has 32 heavy (non-hydrogen) atoms. The van der Waals surface area contributed by atoms with Gasteiger partial charge in [-0.15, -0.1) is 0 Å². The zero-order valence-corrected chi connectivity index (χ0v) is 18.8. The maximum atomic E-state index is 12.6. The number of benzene rings is 3. The highest BCUT2D eigenvalue weighted by Gasteiger charge is 2.12. The lowest BCUT2D eigenvalue weighted by molar-refractivity contribution is -0.118. The zero-order chi connectivity index (χ0) is 23.1. The van der Waals surface area contributed by atoms with Crippen LogP contribution in [0.5, 0.6) is 11.5 Å². The number of nitrogens with zero attached hydrogens (tertiary/aromatic N) is 1. The molecule has 0 aliphatic heterocycles. The van der Waals surface area contributed by atoms with E-state index in [9.17, 15) is 9.59 Å². The number of carbonyl (C=O) groups is 2. The highest BCUT2D eigenvalue weighted by Crippen LogP contribution is 2.28. The van der Waals surface area contributed by atoms with E-state index in [2.05, 4.69) is 10.6 Å². The number of carbonyl (C=O) groups excluding carboxylic acids is 2. The largest absolute Gasteiger partial charge is 0.497 e.